The number of methoxy groups -OCH3 is 1. The lowest BCUT2D eigenvalue weighted by atomic mass is 10.2. The lowest BCUT2D eigenvalue weighted by Crippen LogP contribution is -2.04. The Hall–Kier alpha value is -2.37. The molecule has 0 unspecified atom stereocenters. The Morgan fingerprint density at radius 3 is 2.78 bits per heavy atom. The van der Waals surface area contributed by atoms with Crippen LogP contribution in [0.1, 0.15) is 17.3 Å². The average Bonchev–Trinajstić information content (AvgIpc) is 2.37. The lowest BCUT2D eigenvalue weighted by molar-refractivity contribution is -0.385. The zero-order valence-electron chi connectivity index (χ0n) is 10.1. The predicted octanol–water partition coefficient (Wildman–Crippen LogP) is 2.34. The van der Waals surface area contributed by atoms with Gasteiger partial charge >= 0.3 is 11.7 Å². The van der Waals surface area contributed by atoms with Gasteiger partial charge in [0.2, 0.25) is 0 Å². The van der Waals surface area contributed by atoms with E-state index in [1.54, 1.807) is 12.2 Å². The van der Waals surface area contributed by atoms with E-state index in [0.29, 0.717) is 0 Å². The van der Waals surface area contributed by atoms with Gasteiger partial charge in [-0.1, -0.05) is 12.2 Å². The zero-order chi connectivity index (χ0) is 13.5. The van der Waals surface area contributed by atoms with Crippen LogP contribution >= 0.6 is 0 Å². The smallest absolute Gasteiger partial charge is 0.337 e. The van der Waals surface area contributed by atoms with E-state index in [9.17, 15) is 14.9 Å². The lowest BCUT2D eigenvalue weighted by Gasteiger charge is -2.06. The number of nitro benzene ring substituents is 1. The highest BCUT2D eigenvalue weighted by Crippen LogP contribution is 2.28. The standard InChI is InChI=1S/C12H13NO5/c1-3-4-7-18-11-8-9(12(14)17-2)5-6-10(11)13(15)16/h3-6,8H,7H2,1-2H3/b4-3+. The summed E-state index contributed by atoms with van der Waals surface area (Å²) in [5.41, 5.74) is 0.0192. The van der Waals surface area contributed by atoms with Gasteiger partial charge in [-0.3, -0.25) is 10.1 Å². The Bertz CT molecular complexity index is 481. The minimum atomic E-state index is -0.569. The number of rotatable bonds is 5. The molecule has 6 heteroatoms. The summed E-state index contributed by atoms with van der Waals surface area (Å²) in [5.74, 6) is -0.526. The van der Waals surface area contributed by atoms with Crippen molar-refractivity contribution in [3.63, 3.8) is 0 Å². The predicted molar refractivity (Wildman–Crippen MR) is 64.7 cm³/mol. The highest BCUT2D eigenvalue weighted by molar-refractivity contribution is 5.90. The molecule has 0 amide bonds. The van der Waals surface area contributed by atoms with Crippen molar-refractivity contribution in [2.24, 2.45) is 0 Å². The number of ether oxygens (including phenoxy) is 2. The second kappa shape index (κ2) is 6.39. The van der Waals surface area contributed by atoms with Gasteiger partial charge in [-0.25, -0.2) is 4.79 Å². The fourth-order valence-corrected chi connectivity index (χ4v) is 1.26. The van der Waals surface area contributed by atoms with Crippen molar-refractivity contribution >= 4 is 11.7 Å². The Balaban J connectivity index is 3.07. The summed E-state index contributed by atoms with van der Waals surface area (Å²) in [7, 11) is 1.24. The summed E-state index contributed by atoms with van der Waals surface area (Å²) in [6.07, 6.45) is 3.46. The van der Waals surface area contributed by atoms with Crippen LogP contribution in [-0.4, -0.2) is 24.6 Å². The topological polar surface area (TPSA) is 78.7 Å². The van der Waals surface area contributed by atoms with E-state index in [2.05, 4.69) is 4.74 Å². The monoisotopic (exact) mass is 251 g/mol. The van der Waals surface area contributed by atoms with Gasteiger partial charge < -0.3 is 9.47 Å². The van der Waals surface area contributed by atoms with Crippen LogP contribution in [-0.2, 0) is 4.74 Å². The van der Waals surface area contributed by atoms with Crippen LogP contribution in [0.25, 0.3) is 0 Å². The molecular weight excluding hydrogens is 238 g/mol. The minimum absolute atomic E-state index is 0.0426. The molecule has 1 rings (SSSR count). The molecule has 1 aromatic rings. The largest absolute Gasteiger partial charge is 0.483 e. The maximum absolute atomic E-state index is 11.3. The molecule has 0 saturated carbocycles. The van der Waals surface area contributed by atoms with Gasteiger partial charge in [0.05, 0.1) is 17.6 Å². The molecule has 0 aliphatic rings. The Morgan fingerprint density at radius 1 is 1.50 bits per heavy atom. The molecule has 0 bridgehead atoms. The highest BCUT2D eigenvalue weighted by Gasteiger charge is 2.18. The summed E-state index contributed by atoms with van der Waals surface area (Å²) in [4.78, 5) is 21.5. The molecule has 0 aromatic heterocycles. The van der Waals surface area contributed by atoms with Gasteiger partial charge in [0.25, 0.3) is 0 Å². The molecule has 1 aromatic carbocycles. The van der Waals surface area contributed by atoms with Gasteiger partial charge in [0.15, 0.2) is 5.75 Å². The van der Waals surface area contributed by atoms with E-state index >= 15 is 0 Å². The third-order valence-corrected chi connectivity index (χ3v) is 2.15. The maximum atomic E-state index is 11.3. The summed E-state index contributed by atoms with van der Waals surface area (Å²) in [6, 6.07) is 3.84. The number of carbonyl (C=O) groups excluding carboxylic acids is 1. The van der Waals surface area contributed by atoms with Crippen LogP contribution in [0, 0.1) is 10.1 Å². The van der Waals surface area contributed by atoms with Crippen LogP contribution in [0.5, 0.6) is 5.75 Å². The number of allylic oxidation sites excluding steroid dienone is 1. The van der Waals surface area contributed by atoms with Crippen molar-refractivity contribution in [1.29, 1.82) is 0 Å². The number of nitro groups is 1. The second-order valence-electron chi connectivity index (χ2n) is 3.31. The molecule has 0 aliphatic heterocycles. The van der Waals surface area contributed by atoms with E-state index < -0.39 is 10.9 Å². The molecule has 0 radical (unpaired) electrons. The summed E-state index contributed by atoms with van der Waals surface area (Å²) in [6.45, 7) is 2.00. The van der Waals surface area contributed by atoms with Gasteiger partial charge in [0, 0.05) is 12.1 Å². The Kier molecular flexibility index (Phi) is 4.86. The molecule has 0 heterocycles. The van der Waals surface area contributed by atoms with Gasteiger partial charge in [-0.15, -0.1) is 0 Å². The van der Waals surface area contributed by atoms with Gasteiger partial charge in [0.1, 0.15) is 6.61 Å². The molecular formula is C12H13NO5. The fourth-order valence-electron chi connectivity index (χ4n) is 1.26. The molecule has 6 nitrogen and oxygen atoms in total. The van der Waals surface area contributed by atoms with E-state index in [0.717, 1.165) is 0 Å². The van der Waals surface area contributed by atoms with Crippen LogP contribution < -0.4 is 4.74 Å². The van der Waals surface area contributed by atoms with Crippen molar-refractivity contribution in [3.8, 4) is 5.75 Å². The van der Waals surface area contributed by atoms with E-state index in [1.165, 1.54) is 25.3 Å². The fraction of sp³-hybridized carbons (Fsp3) is 0.250. The Labute approximate surface area is 104 Å². The maximum Gasteiger partial charge on any atom is 0.337 e. The highest BCUT2D eigenvalue weighted by atomic mass is 16.6. The number of esters is 1. The third kappa shape index (κ3) is 3.31. The SMILES string of the molecule is C/C=C/COc1cc(C(=O)OC)ccc1[N+](=O)[O-]. The number of nitrogens with zero attached hydrogens (tertiary/aromatic N) is 1. The first kappa shape index (κ1) is 13.7. The van der Waals surface area contributed by atoms with E-state index in [1.807, 2.05) is 6.92 Å². The molecule has 0 N–H and O–H groups in total. The third-order valence-electron chi connectivity index (χ3n) is 2.15. The van der Waals surface area contributed by atoms with Crippen molar-refractivity contribution in [3.05, 3.63) is 46.0 Å². The summed E-state index contributed by atoms with van der Waals surface area (Å²) >= 11 is 0. The second-order valence-corrected chi connectivity index (χ2v) is 3.31. The normalized spacial score (nSPS) is 10.3. The number of benzene rings is 1. The van der Waals surface area contributed by atoms with Gasteiger partial charge in [-0.2, -0.15) is 0 Å². The zero-order valence-corrected chi connectivity index (χ0v) is 10.1. The molecule has 0 fully saturated rings. The molecule has 0 spiro atoms. The Morgan fingerprint density at radius 2 is 2.22 bits per heavy atom. The number of carbonyl (C=O) groups is 1. The van der Waals surface area contributed by atoms with Crippen LogP contribution in [0.15, 0.2) is 30.4 Å². The van der Waals surface area contributed by atoms with E-state index in [-0.39, 0.29) is 23.6 Å². The molecule has 18 heavy (non-hydrogen) atoms. The quantitative estimate of drug-likeness (QED) is 0.347. The van der Waals surface area contributed by atoms with Crippen molar-refractivity contribution < 1.29 is 19.2 Å². The first-order valence-electron chi connectivity index (χ1n) is 5.21. The molecule has 96 valence electrons. The van der Waals surface area contributed by atoms with Crippen LogP contribution in [0.3, 0.4) is 0 Å². The van der Waals surface area contributed by atoms with Crippen molar-refractivity contribution in [2.45, 2.75) is 6.92 Å². The molecule has 0 saturated heterocycles. The van der Waals surface area contributed by atoms with Gasteiger partial charge in [-0.05, 0) is 13.0 Å². The average molecular weight is 251 g/mol. The molecule has 0 atom stereocenters. The first-order valence-corrected chi connectivity index (χ1v) is 5.21. The number of hydrogen-bond acceptors (Lipinski definition) is 5. The van der Waals surface area contributed by atoms with Crippen LogP contribution in [0.2, 0.25) is 0 Å². The van der Waals surface area contributed by atoms with Crippen molar-refractivity contribution in [2.75, 3.05) is 13.7 Å². The number of hydrogen-bond donors (Lipinski definition) is 0. The molecule has 0 aliphatic carbocycles. The summed E-state index contributed by atoms with van der Waals surface area (Å²) < 4.78 is 9.78. The van der Waals surface area contributed by atoms with Crippen LogP contribution in [0.4, 0.5) is 5.69 Å². The summed E-state index contributed by atoms with van der Waals surface area (Å²) in [5, 5.41) is 10.8. The van der Waals surface area contributed by atoms with Crippen molar-refractivity contribution in [1.82, 2.24) is 0 Å². The minimum Gasteiger partial charge on any atom is -0.483 e. The van der Waals surface area contributed by atoms with E-state index in [4.69, 9.17) is 4.74 Å². The first-order chi connectivity index (χ1) is 8.60.